The average molecular weight is 228 g/mol. The van der Waals surface area contributed by atoms with E-state index in [1.165, 1.54) is 0 Å². The van der Waals surface area contributed by atoms with Crippen molar-refractivity contribution >= 4 is 23.3 Å². The maximum absolute atomic E-state index is 11.6. The first-order valence-corrected chi connectivity index (χ1v) is 5.06. The molecule has 0 spiro atoms. The predicted octanol–water partition coefficient (Wildman–Crippen LogP) is 2.80. The highest BCUT2D eigenvalue weighted by molar-refractivity contribution is 6.34. The molecule has 0 aliphatic heterocycles. The molecule has 0 unspecified atom stereocenters. The lowest BCUT2D eigenvalue weighted by Gasteiger charge is -2.11. The molecule has 0 aliphatic carbocycles. The van der Waals surface area contributed by atoms with Gasteiger partial charge in [-0.05, 0) is 32.4 Å². The molecule has 0 bridgehead atoms. The Labute approximate surface area is 94.2 Å². The molecule has 0 saturated heterocycles. The molecule has 2 N–H and O–H groups in total. The average Bonchev–Trinajstić information content (AvgIpc) is 2.13. The highest BCUT2D eigenvalue weighted by Gasteiger charge is 2.15. The lowest BCUT2D eigenvalue weighted by atomic mass is 10.1. The molecular weight excluding hydrogens is 214 g/mol. The van der Waals surface area contributed by atoms with Gasteiger partial charge >= 0.3 is 5.97 Å². The van der Waals surface area contributed by atoms with Crippen LogP contribution >= 0.6 is 11.6 Å². The van der Waals surface area contributed by atoms with E-state index >= 15 is 0 Å². The fraction of sp³-hybridized carbons (Fsp3) is 0.364. The first-order chi connectivity index (χ1) is 6.93. The Bertz CT molecular complexity index is 388. The van der Waals surface area contributed by atoms with E-state index in [0.717, 1.165) is 5.56 Å². The minimum absolute atomic E-state index is 0.169. The van der Waals surface area contributed by atoms with Crippen molar-refractivity contribution < 1.29 is 9.53 Å². The number of hydrogen-bond acceptors (Lipinski definition) is 3. The van der Waals surface area contributed by atoms with Crippen molar-refractivity contribution in [3.05, 3.63) is 28.3 Å². The minimum atomic E-state index is -0.440. The summed E-state index contributed by atoms with van der Waals surface area (Å²) in [5.74, 6) is -0.440. The molecule has 3 nitrogen and oxygen atoms in total. The molecule has 15 heavy (non-hydrogen) atoms. The summed E-state index contributed by atoms with van der Waals surface area (Å²) in [7, 11) is 0. The van der Waals surface area contributed by atoms with E-state index in [-0.39, 0.29) is 11.8 Å². The van der Waals surface area contributed by atoms with Gasteiger partial charge in [0.1, 0.15) is 0 Å². The number of anilines is 1. The van der Waals surface area contributed by atoms with Crippen LogP contribution in [0.4, 0.5) is 5.69 Å². The van der Waals surface area contributed by atoms with E-state index in [1.54, 1.807) is 26.0 Å². The van der Waals surface area contributed by atoms with E-state index in [4.69, 9.17) is 22.1 Å². The molecule has 1 aromatic rings. The molecule has 4 heteroatoms. The zero-order valence-electron chi connectivity index (χ0n) is 9.00. The fourth-order valence-corrected chi connectivity index (χ4v) is 1.32. The van der Waals surface area contributed by atoms with Crippen LogP contribution in [0.2, 0.25) is 5.02 Å². The topological polar surface area (TPSA) is 52.3 Å². The van der Waals surface area contributed by atoms with Gasteiger partial charge in [0.05, 0.1) is 22.4 Å². The zero-order chi connectivity index (χ0) is 11.6. The lowest BCUT2D eigenvalue weighted by molar-refractivity contribution is 0.0379. The quantitative estimate of drug-likeness (QED) is 0.624. The van der Waals surface area contributed by atoms with Crippen LogP contribution in [0.5, 0.6) is 0 Å². The van der Waals surface area contributed by atoms with Crippen LogP contribution in [0.15, 0.2) is 12.1 Å². The largest absolute Gasteiger partial charge is 0.459 e. The molecule has 0 fully saturated rings. The van der Waals surface area contributed by atoms with E-state index in [9.17, 15) is 4.79 Å². The first kappa shape index (κ1) is 11.9. The molecule has 1 rings (SSSR count). The summed E-state index contributed by atoms with van der Waals surface area (Å²) >= 11 is 5.93. The number of aryl methyl sites for hydroxylation is 1. The number of nitrogens with two attached hydrogens (primary N) is 1. The van der Waals surface area contributed by atoms with Gasteiger partial charge in [0, 0.05) is 0 Å². The Morgan fingerprint density at radius 3 is 2.60 bits per heavy atom. The fourth-order valence-electron chi connectivity index (χ4n) is 1.16. The second kappa shape index (κ2) is 4.53. The van der Waals surface area contributed by atoms with Crippen molar-refractivity contribution in [3.63, 3.8) is 0 Å². The number of hydrogen-bond donors (Lipinski definition) is 1. The Kier molecular flexibility index (Phi) is 3.58. The third kappa shape index (κ3) is 2.63. The summed E-state index contributed by atoms with van der Waals surface area (Å²) in [6.45, 7) is 5.39. The van der Waals surface area contributed by atoms with Gasteiger partial charge in [-0.25, -0.2) is 4.79 Å². The van der Waals surface area contributed by atoms with Crippen molar-refractivity contribution in [2.45, 2.75) is 26.9 Å². The molecule has 0 aromatic heterocycles. The van der Waals surface area contributed by atoms with Gasteiger partial charge in [0.25, 0.3) is 0 Å². The van der Waals surface area contributed by atoms with Crippen molar-refractivity contribution in [1.29, 1.82) is 0 Å². The molecule has 0 atom stereocenters. The van der Waals surface area contributed by atoms with E-state index in [0.29, 0.717) is 10.6 Å². The second-order valence-electron chi connectivity index (χ2n) is 3.61. The number of carbonyl (C=O) groups excluding carboxylic acids is 1. The molecule has 0 amide bonds. The highest BCUT2D eigenvalue weighted by Crippen LogP contribution is 2.27. The maximum Gasteiger partial charge on any atom is 0.340 e. The maximum atomic E-state index is 11.6. The number of benzene rings is 1. The van der Waals surface area contributed by atoms with E-state index in [2.05, 4.69) is 0 Å². The van der Waals surface area contributed by atoms with E-state index in [1.807, 2.05) is 6.92 Å². The van der Waals surface area contributed by atoms with Crippen molar-refractivity contribution in [2.24, 2.45) is 0 Å². The summed E-state index contributed by atoms with van der Waals surface area (Å²) in [4.78, 5) is 11.6. The molecule has 1 aromatic carbocycles. The molecular formula is C11H14ClNO2. The Morgan fingerprint density at radius 1 is 1.47 bits per heavy atom. The smallest absolute Gasteiger partial charge is 0.340 e. The molecule has 82 valence electrons. The standard InChI is InChI=1S/C11H14ClNO2/c1-6(2)15-11(14)8-5-4-7(3)9(12)10(8)13/h4-6H,13H2,1-3H3. The summed E-state index contributed by atoms with van der Waals surface area (Å²) in [5, 5.41) is 0.410. The number of halogens is 1. The van der Waals surface area contributed by atoms with Crippen LogP contribution in [-0.2, 0) is 4.74 Å². The number of ether oxygens (including phenoxy) is 1. The van der Waals surface area contributed by atoms with Crippen molar-refractivity contribution in [2.75, 3.05) is 5.73 Å². The van der Waals surface area contributed by atoms with E-state index < -0.39 is 5.97 Å². The predicted molar refractivity (Wildman–Crippen MR) is 61.2 cm³/mol. The van der Waals surface area contributed by atoms with Crippen LogP contribution in [0.3, 0.4) is 0 Å². The first-order valence-electron chi connectivity index (χ1n) is 4.69. The van der Waals surface area contributed by atoms with Gasteiger partial charge in [0.15, 0.2) is 0 Å². The van der Waals surface area contributed by atoms with Gasteiger partial charge in [-0.15, -0.1) is 0 Å². The Hall–Kier alpha value is -1.22. The third-order valence-electron chi connectivity index (χ3n) is 1.94. The van der Waals surface area contributed by atoms with Crippen LogP contribution < -0.4 is 5.73 Å². The van der Waals surface area contributed by atoms with Crippen LogP contribution in [0.25, 0.3) is 0 Å². The minimum Gasteiger partial charge on any atom is -0.459 e. The zero-order valence-corrected chi connectivity index (χ0v) is 9.76. The lowest BCUT2D eigenvalue weighted by Crippen LogP contribution is -2.13. The van der Waals surface area contributed by atoms with Crippen molar-refractivity contribution in [1.82, 2.24) is 0 Å². The molecule has 0 saturated carbocycles. The highest BCUT2D eigenvalue weighted by atomic mass is 35.5. The normalized spacial score (nSPS) is 10.5. The van der Waals surface area contributed by atoms with Crippen molar-refractivity contribution in [3.8, 4) is 0 Å². The summed E-state index contributed by atoms with van der Waals surface area (Å²) in [5.41, 5.74) is 7.17. The molecule has 0 aliphatic rings. The van der Waals surface area contributed by atoms with Crippen LogP contribution in [0.1, 0.15) is 29.8 Å². The third-order valence-corrected chi connectivity index (χ3v) is 2.44. The second-order valence-corrected chi connectivity index (χ2v) is 3.99. The SMILES string of the molecule is Cc1ccc(C(=O)OC(C)C)c(N)c1Cl. The van der Waals surface area contributed by atoms with Gasteiger partial charge < -0.3 is 10.5 Å². The monoisotopic (exact) mass is 227 g/mol. The Balaban J connectivity index is 3.06. The van der Waals surface area contributed by atoms with Gasteiger partial charge in [-0.3, -0.25) is 0 Å². The summed E-state index contributed by atoms with van der Waals surface area (Å²) in [6.07, 6.45) is -0.169. The number of rotatable bonds is 2. The number of esters is 1. The van der Waals surface area contributed by atoms with Gasteiger partial charge in [0.2, 0.25) is 0 Å². The molecule has 0 radical (unpaired) electrons. The summed E-state index contributed by atoms with van der Waals surface area (Å²) < 4.78 is 5.03. The van der Waals surface area contributed by atoms with Gasteiger partial charge in [-0.2, -0.15) is 0 Å². The van der Waals surface area contributed by atoms with Crippen LogP contribution in [-0.4, -0.2) is 12.1 Å². The summed E-state index contributed by atoms with van der Waals surface area (Å²) in [6, 6.07) is 3.37. The Morgan fingerprint density at radius 2 is 2.07 bits per heavy atom. The number of carbonyl (C=O) groups is 1. The number of nitrogen functional groups attached to an aromatic ring is 1. The van der Waals surface area contributed by atoms with Crippen LogP contribution in [0, 0.1) is 6.92 Å². The molecule has 0 heterocycles. The van der Waals surface area contributed by atoms with Gasteiger partial charge in [-0.1, -0.05) is 17.7 Å².